The lowest BCUT2D eigenvalue weighted by molar-refractivity contribution is -0.124. The highest BCUT2D eigenvalue weighted by molar-refractivity contribution is 7.89. The van der Waals surface area contributed by atoms with Crippen molar-refractivity contribution in [1.29, 1.82) is 0 Å². The molecule has 0 spiro atoms. The molecule has 0 radical (unpaired) electrons. The predicted octanol–water partition coefficient (Wildman–Crippen LogP) is 2.52. The number of ether oxygens (including phenoxy) is 2. The molecule has 1 amide bonds. The van der Waals surface area contributed by atoms with Crippen LogP contribution in [0.5, 0.6) is 11.5 Å². The lowest BCUT2D eigenvalue weighted by atomic mass is 10.1. The molecule has 7 nitrogen and oxygen atoms in total. The Morgan fingerprint density at radius 3 is 2.43 bits per heavy atom. The van der Waals surface area contributed by atoms with Gasteiger partial charge in [-0.05, 0) is 55.5 Å². The Labute approximate surface area is 178 Å². The van der Waals surface area contributed by atoms with Crippen LogP contribution in [0.3, 0.4) is 0 Å². The number of hydrogen-bond acceptors (Lipinski definition) is 5. The van der Waals surface area contributed by atoms with E-state index in [1.54, 1.807) is 26.2 Å². The second-order valence-corrected chi connectivity index (χ2v) is 9.15. The Morgan fingerprint density at radius 1 is 1.10 bits per heavy atom. The first kappa shape index (κ1) is 22.1. The minimum atomic E-state index is -3.80. The van der Waals surface area contributed by atoms with Gasteiger partial charge in [-0.1, -0.05) is 18.2 Å². The van der Waals surface area contributed by atoms with E-state index in [1.165, 1.54) is 17.5 Å². The number of aryl methyl sites for hydroxylation is 1. The molecule has 162 valence electrons. The van der Waals surface area contributed by atoms with Crippen LogP contribution in [0.25, 0.3) is 0 Å². The first-order valence-electron chi connectivity index (χ1n) is 9.94. The summed E-state index contributed by atoms with van der Waals surface area (Å²) in [6.07, 6.45) is 1.82. The van der Waals surface area contributed by atoms with E-state index in [1.807, 2.05) is 24.3 Å². The van der Waals surface area contributed by atoms with Crippen LogP contribution in [-0.2, 0) is 21.2 Å². The highest BCUT2D eigenvalue weighted by Crippen LogP contribution is 2.30. The van der Waals surface area contributed by atoms with Gasteiger partial charge >= 0.3 is 0 Å². The van der Waals surface area contributed by atoms with Gasteiger partial charge in [0.15, 0.2) is 0 Å². The van der Waals surface area contributed by atoms with E-state index in [2.05, 4.69) is 5.32 Å². The van der Waals surface area contributed by atoms with Gasteiger partial charge in [0.25, 0.3) is 0 Å². The molecular weight excluding hydrogens is 404 g/mol. The second-order valence-electron chi connectivity index (χ2n) is 7.29. The number of nitrogens with zero attached hydrogens (tertiary/aromatic N) is 1. The average molecular weight is 433 g/mol. The summed E-state index contributed by atoms with van der Waals surface area (Å²) in [6, 6.07) is 11.9. The Bertz CT molecular complexity index is 989. The number of carbonyl (C=O) groups is 1. The van der Waals surface area contributed by atoms with E-state index in [0.717, 1.165) is 11.3 Å². The number of amides is 1. The molecule has 1 atom stereocenters. The Hall–Kier alpha value is -2.58. The zero-order valence-corrected chi connectivity index (χ0v) is 18.4. The topological polar surface area (TPSA) is 84.9 Å². The van der Waals surface area contributed by atoms with Gasteiger partial charge < -0.3 is 14.8 Å². The van der Waals surface area contributed by atoms with Crippen molar-refractivity contribution < 1.29 is 22.7 Å². The van der Waals surface area contributed by atoms with Crippen LogP contribution < -0.4 is 14.8 Å². The van der Waals surface area contributed by atoms with Crippen molar-refractivity contribution in [2.75, 3.05) is 27.3 Å². The third-order valence-corrected chi connectivity index (χ3v) is 7.41. The fraction of sp³-hybridized carbons (Fsp3) is 0.409. The number of nitrogens with one attached hydrogen (secondary N) is 1. The standard InChI is InChI=1S/C22H28N2O5S/c1-16-6-9-19(29-3)15-21(16)30(26,27)24-14-4-5-20(24)22(25)23-13-12-17-7-10-18(28-2)11-8-17/h6-11,15,20H,4-5,12-14H2,1-3H3,(H,23,25)/t20-/m1/s1. The van der Waals surface area contributed by atoms with E-state index in [0.29, 0.717) is 43.7 Å². The van der Waals surface area contributed by atoms with Crippen molar-refractivity contribution in [2.45, 2.75) is 37.1 Å². The number of sulfonamides is 1. The van der Waals surface area contributed by atoms with Crippen molar-refractivity contribution in [3.05, 3.63) is 53.6 Å². The van der Waals surface area contributed by atoms with Gasteiger partial charge in [0.1, 0.15) is 17.5 Å². The zero-order chi connectivity index (χ0) is 21.7. The van der Waals surface area contributed by atoms with E-state index in [-0.39, 0.29) is 10.8 Å². The third kappa shape index (κ3) is 4.76. The normalized spacial score (nSPS) is 17.0. The number of rotatable bonds is 8. The molecule has 1 heterocycles. The fourth-order valence-corrected chi connectivity index (χ4v) is 5.54. The molecule has 30 heavy (non-hydrogen) atoms. The number of benzene rings is 2. The zero-order valence-electron chi connectivity index (χ0n) is 17.6. The summed E-state index contributed by atoms with van der Waals surface area (Å²) in [5.74, 6) is 0.992. The summed E-state index contributed by atoms with van der Waals surface area (Å²) in [4.78, 5) is 13.0. The van der Waals surface area contributed by atoms with Crippen molar-refractivity contribution in [1.82, 2.24) is 9.62 Å². The molecule has 0 aliphatic carbocycles. The highest BCUT2D eigenvalue weighted by atomic mass is 32.2. The summed E-state index contributed by atoms with van der Waals surface area (Å²) >= 11 is 0. The second kappa shape index (κ2) is 9.49. The highest BCUT2D eigenvalue weighted by Gasteiger charge is 2.40. The SMILES string of the molecule is COc1ccc(CCNC(=O)[C@H]2CCCN2S(=O)(=O)c2cc(OC)ccc2C)cc1. The van der Waals surface area contributed by atoms with Crippen molar-refractivity contribution in [3.8, 4) is 11.5 Å². The number of methoxy groups -OCH3 is 2. The van der Waals surface area contributed by atoms with Gasteiger partial charge in [-0.15, -0.1) is 0 Å². The van der Waals surface area contributed by atoms with Gasteiger partial charge in [-0.2, -0.15) is 4.31 Å². The molecule has 1 N–H and O–H groups in total. The Kier molecular flexibility index (Phi) is 6.99. The van der Waals surface area contributed by atoms with E-state index < -0.39 is 16.1 Å². The monoisotopic (exact) mass is 432 g/mol. The van der Waals surface area contributed by atoms with Crippen molar-refractivity contribution in [3.63, 3.8) is 0 Å². The molecule has 0 saturated carbocycles. The maximum atomic E-state index is 13.3. The summed E-state index contributed by atoms with van der Waals surface area (Å²) in [7, 11) is -0.692. The molecule has 0 aromatic heterocycles. The van der Waals surface area contributed by atoms with Gasteiger partial charge in [0.2, 0.25) is 15.9 Å². The smallest absolute Gasteiger partial charge is 0.244 e. The van der Waals surface area contributed by atoms with Gasteiger partial charge in [0.05, 0.1) is 19.1 Å². The summed E-state index contributed by atoms with van der Waals surface area (Å²) in [5, 5.41) is 2.89. The summed E-state index contributed by atoms with van der Waals surface area (Å²) < 4.78 is 38.2. The van der Waals surface area contributed by atoms with Crippen LogP contribution in [0.2, 0.25) is 0 Å². The molecule has 1 aliphatic rings. The molecule has 1 aliphatic heterocycles. The quantitative estimate of drug-likeness (QED) is 0.693. The molecule has 0 bridgehead atoms. The largest absolute Gasteiger partial charge is 0.497 e. The van der Waals surface area contributed by atoms with Crippen LogP contribution in [0.1, 0.15) is 24.0 Å². The molecule has 0 unspecified atom stereocenters. The Morgan fingerprint density at radius 2 is 1.77 bits per heavy atom. The van der Waals surface area contributed by atoms with Crippen LogP contribution in [0.15, 0.2) is 47.4 Å². The maximum Gasteiger partial charge on any atom is 0.244 e. The first-order chi connectivity index (χ1) is 14.4. The minimum absolute atomic E-state index is 0.180. The van der Waals surface area contributed by atoms with Gasteiger partial charge in [-0.3, -0.25) is 4.79 Å². The lowest BCUT2D eigenvalue weighted by Crippen LogP contribution is -2.46. The van der Waals surface area contributed by atoms with E-state index in [4.69, 9.17) is 9.47 Å². The molecule has 8 heteroatoms. The molecule has 2 aromatic carbocycles. The van der Waals surface area contributed by atoms with Crippen molar-refractivity contribution in [2.24, 2.45) is 0 Å². The Balaban J connectivity index is 1.67. The van der Waals surface area contributed by atoms with Crippen LogP contribution in [0.4, 0.5) is 0 Å². The lowest BCUT2D eigenvalue weighted by Gasteiger charge is -2.24. The number of hydrogen-bond donors (Lipinski definition) is 1. The molecule has 2 aromatic rings. The van der Waals surface area contributed by atoms with Crippen molar-refractivity contribution >= 4 is 15.9 Å². The van der Waals surface area contributed by atoms with Gasteiger partial charge in [-0.25, -0.2) is 8.42 Å². The van der Waals surface area contributed by atoms with E-state index >= 15 is 0 Å². The van der Waals surface area contributed by atoms with Crippen LogP contribution >= 0.6 is 0 Å². The molecular formula is C22H28N2O5S. The van der Waals surface area contributed by atoms with Crippen LogP contribution in [-0.4, -0.2) is 52.0 Å². The maximum absolute atomic E-state index is 13.3. The van der Waals surface area contributed by atoms with E-state index in [9.17, 15) is 13.2 Å². The molecule has 1 fully saturated rings. The number of carbonyl (C=O) groups excluding carboxylic acids is 1. The molecule has 1 saturated heterocycles. The average Bonchev–Trinajstić information content (AvgIpc) is 3.25. The summed E-state index contributed by atoms with van der Waals surface area (Å²) in [6.45, 7) is 2.51. The third-order valence-electron chi connectivity index (χ3n) is 5.36. The van der Waals surface area contributed by atoms with Crippen LogP contribution in [0, 0.1) is 6.92 Å². The fourth-order valence-electron chi connectivity index (χ4n) is 3.64. The first-order valence-corrected chi connectivity index (χ1v) is 11.4. The minimum Gasteiger partial charge on any atom is -0.497 e. The van der Waals surface area contributed by atoms with Gasteiger partial charge in [0, 0.05) is 19.2 Å². The predicted molar refractivity (Wildman–Crippen MR) is 114 cm³/mol. The molecule has 3 rings (SSSR count). The summed E-state index contributed by atoms with van der Waals surface area (Å²) in [5.41, 5.74) is 1.69.